The van der Waals surface area contributed by atoms with Gasteiger partial charge in [-0.05, 0) is 50.9 Å². The van der Waals surface area contributed by atoms with Crippen LogP contribution < -0.4 is 4.72 Å². The Labute approximate surface area is 121 Å². The molecule has 2 aliphatic heterocycles. The predicted octanol–water partition coefficient (Wildman–Crippen LogP) is 1.43. The van der Waals surface area contributed by atoms with E-state index in [1.54, 1.807) is 0 Å². The molecule has 0 aromatic rings. The van der Waals surface area contributed by atoms with Gasteiger partial charge in [-0.25, -0.2) is 13.1 Å². The Morgan fingerprint density at radius 2 is 1.85 bits per heavy atom. The first-order valence-corrected chi connectivity index (χ1v) is 9.51. The monoisotopic (exact) mass is 303 g/mol. The van der Waals surface area contributed by atoms with Crippen LogP contribution in [0.2, 0.25) is 0 Å². The second-order valence-electron chi connectivity index (χ2n) is 6.36. The van der Waals surface area contributed by atoms with E-state index in [1.165, 1.54) is 12.8 Å². The molecular weight excluding hydrogens is 278 g/mol. The van der Waals surface area contributed by atoms with E-state index in [0.29, 0.717) is 19.1 Å². The van der Waals surface area contributed by atoms with Gasteiger partial charge >= 0.3 is 0 Å². The minimum atomic E-state index is -3.24. The van der Waals surface area contributed by atoms with Crippen molar-refractivity contribution in [3.63, 3.8) is 0 Å². The Hall–Kier alpha value is -0.170. The summed E-state index contributed by atoms with van der Waals surface area (Å²) in [5.41, 5.74) is 0. The number of nitrogens with one attached hydrogen (secondary N) is 1. The van der Waals surface area contributed by atoms with Crippen molar-refractivity contribution in [2.75, 3.05) is 19.0 Å². The lowest BCUT2D eigenvalue weighted by molar-refractivity contribution is -0.00769. The maximum Gasteiger partial charge on any atom is 0.214 e. The van der Waals surface area contributed by atoms with Crippen LogP contribution in [0, 0.1) is 5.92 Å². The molecule has 1 N–H and O–H groups in total. The quantitative estimate of drug-likeness (QED) is 0.834. The number of hydrogen-bond acceptors (Lipinski definition) is 4. The summed E-state index contributed by atoms with van der Waals surface area (Å²) < 4.78 is 38.6. The molecule has 20 heavy (non-hydrogen) atoms. The summed E-state index contributed by atoms with van der Waals surface area (Å²) >= 11 is 0. The largest absolute Gasteiger partial charge is 0.378 e. The molecule has 3 atom stereocenters. The fraction of sp³-hybridized carbons (Fsp3) is 1.00. The van der Waals surface area contributed by atoms with Crippen LogP contribution in [0.5, 0.6) is 0 Å². The van der Waals surface area contributed by atoms with E-state index in [9.17, 15) is 8.42 Å². The molecule has 0 radical (unpaired) electrons. The van der Waals surface area contributed by atoms with Gasteiger partial charge in [-0.1, -0.05) is 0 Å². The number of sulfonamides is 1. The molecule has 6 heteroatoms. The van der Waals surface area contributed by atoms with Crippen LogP contribution in [-0.2, 0) is 19.5 Å². The highest BCUT2D eigenvalue weighted by Crippen LogP contribution is 2.38. The second kappa shape index (κ2) is 6.30. The Morgan fingerprint density at radius 1 is 1.00 bits per heavy atom. The Balaban J connectivity index is 1.49. The third kappa shape index (κ3) is 4.16. The molecule has 3 fully saturated rings. The average molecular weight is 303 g/mol. The normalized spacial score (nSPS) is 35.9. The first-order chi connectivity index (χ1) is 9.62. The van der Waals surface area contributed by atoms with Gasteiger partial charge in [0.25, 0.3) is 0 Å². The number of ether oxygens (including phenoxy) is 2. The predicted molar refractivity (Wildman–Crippen MR) is 76.0 cm³/mol. The lowest BCUT2D eigenvalue weighted by atomic mass is 10.0. The lowest BCUT2D eigenvalue weighted by Crippen LogP contribution is -2.45. The van der Waals surface area contributed by atoms with E-state index in [4.69, 9.17) is 9.47 Å². The SMILES string of the molecule is O=S(=O)(CC1CCCCO1)NC1CCOC(C2CC2)C1. The zero-order valence-corrected chi connectivity index (χ0v) is 12.7. The molecule has 3 rings (SSSR count). The first-order valence-electron chi connectivity index (χ1n) is 7.85. The second-order valence-corrected chi connectivity index (χ2v) is 8.15. The van der Waals surface area contributed by atoms with Crippen molar-refractivity contribution in [2.24, 2.45) is 5.92 Å². The molecule has 0 aromatic heterocycles. The highest BCUT2D eigenvalue weighted by Gasteiger charge is 2.37. The van der Waals surface area contributed by atoms with E-state index >= 15 is 0 Å². The molecule has 2 saturated heterocycles. The molecule has 1 aliphatic carbocycles. The summed E-state index contributed by atoms with van der Waals surface area (Å²) in [7, 11) is -3.24. The van der Waals surface area contributed by atoms with Crippen LogP contribution in [0.25, 0.3) is 0 Å². The van der Waals surface area contributed by atoms with Gasteiger partial charge < -0.3 is 9.47 Å². The van der Waals surface area contributed by atoms with Crippen molar-refractivity contribution in [1.82, 2.24) is 4.72 Å². The van der Waals surface area contributed by atoms with Gasteiger partial charge in [-0.2, -0.15) is 0 Å². The molecule has 0 bridgehead atoms. The molecule has 0 aromatic carbocycles. The van der Waals surface area contributed by atoms with E-state index in [-0.39, 0.29) is 24.0 Å². The molecule has 116 valence electrons. The Kier molecular flexibility index (Phi) is 4.65. The third-order valence-electron chi connectivity index (χ3n) is 4.49. The minimum absolute atomic E-state index is 0.0444. The van der Waals surface area contributed by atoms with E-state index < -0.39 is 10.0 Å². The van der Waals surface area contributed by atoms with Crippen molar-refractivity contribution < 1.29 is 17.9 Å². The molecule has 3 unspecified atom stereocenters. The lowest BCUT2D eigenvalue weighted by Gasteiger charge is -2.31. The topological polar surface area (TPSA) is 64.6 Å². The van der Waals surface area contributed by atoms with Crippen LogP contribution in [0.1, 0.15) is 44.9 Å². The maximum absolute atomic E-state index is 12.2. The fourth-order valence-corrected chi connectivity index (χ4v) is 4.79. The van der Waals surface area contributed by atoms with Gasteiger partial charge in [0, 0.05) is 19.3 Å². The molecule has 3 aliphatic rings. The van der Waals surface area contributed by atoms with Gasteiger partial charge in [0.2, 0.25) is 10.0 Å². The highest BCUT2D eigenvalue weighted by atomic mass is 32.2. The summed E-state index contributed by atoms with van der Waals surface area (Å²) in [4.78, 5) is 0. The summed E-state index contributed by atoms with van der Waals surface area (Å²) in [6.45, 7) is 1.37. The molecular formula is C14H25NO4S. The summed E-state index contributed by atoms with van der Waals surface area (Å²) in [6.07, 6.45) is 7.21. The maximum atomic E-state index is 12.2. The zero-order valence-electron chi connectivity index (χ0n) is 11.9. The fourth-order valence-electron chi connectivity index (χ4n) is 3.22. The average Bonchev–Trinajstić information content (AvgIpc) is 3.23. The molecule has 0 spiro atoms. The van der Waals surface area contributed by atoms with Gasteiger partial charge in [-0.3, -0.25) is 0 Å². The van der Waals surface area contributed by atoms with Crippen LogP contribution in [0.15, 0.2) is 0 Å². The molecule has 5 nitrogen and oxygen atoms in total. The number of hydrogen-bond donors (Lipinski definition) is 1. The van der Waals surface area contributed by atoms with Crippen molar-refractivity contribution in [2.45, 2.75) is 63.2 Å². The molecule has 2 heterocycles. The van der Waals surface area contributed by atoms with Crippen molar-refractivity contribution in [1.29, 1.82) is 0 Å². The van der Waals surface area contributed by atoms with Crippen LogP contribution >= 0.6 is 0 Å². The summed E-state index contributed by atoms with van der Waals surface area (Å²) in [5.74, 6) is 0.780. The highest BCUT2D eigenvalue weighted by molar-refractivity contribution is 7.89. The van der Waals surface area contributed by atoms with Crippen molar-refractivity contribution in [3.8, 4) is 0 Å². The summed E-state index contributed by atoms with van der Waals surface area (Å²) in [6, 6.07) is 0.0444. The van der Waals surface area contributed by atoms with Gasteiger partial charge in [0.15, 0.2) is 0 Å². The molecule has 0 amide bonds. The van der Waals surface area contributed by atoms with Gasteiger partial charge in [0.05, 0.1) is 18.0 Å². The summed E-state index contributed by atoms with van der Waals surface area (Å²) in [5, 5.41) is 0. The minimum Gasteiger partial charge on any atom is -0.378 e. The van der Waals surface area contributed by atoms with Gasteiger partial charge in [-0.15, -0.1) is 0 Å². The van der Waals surface area contributed by atoms with Crippen LogP contribution in [0.3, 0.4) is 0 Å². The van der Waals surface area contributed by atoms with Crippen molar-refractivity contribution in [3.05, 3.63) is 0 Å². The molecule has 1 saturated carbocycles. The van der Waals surface area contributed by atoms with Gasteiger partial charge in [0.1, 0.15) is 0 Å². The standard InChI is InChI=1S/C14H25NO4S/c16-20(17,10-13-3-1-2-7-18-13)15-12-6-8-19-14(9-12)11-4-5-11/h11-15H,1-10H2. The van der Waals surface area contributed by atoms with E-state index in [1.807, 2.05) is 0 Å². The Bertz CT molecular complexity index is 415. The number of rotatable bonds is 5. The van der Waals surface area contributed by atoms with Crippen LogP contribution in [0.4, 0.5) is 0 Å². The zero-order chi connectivity index (χ0) is 14.0. The van der Waals surface area contributed by atoms with Crippen LogP contribution in [-0.4, -0.2) is 45.6 Å². The van der Waals surface area contributed by atoms with Crippen molar-refractivity contribution >= 4 is 10.0 Å². The Morgan fingerprint density at radius 3 is 2.55 bits per heavy atom. The smallest absolute Gasteiger partial charge is 0.214 e. The van der Waals surface area contributed by atoms with E-state index in [0.717, 1.165) is 32.1 Å². The third-order valence-corrected chi connectivity index (χ3v) is 5.99. The first kappa shape index (κ1) is 14.8. The van der Waals surface area contributed by atoms with E-state index in [2.05, 4.69) is 4.72 Å².